The molecule has 0 saturated carbocycles. The summed E-state index contributed by atoms with van der Waals surface area (Å²) in [4.78, 5) is 17.1. The molecule has 1 aromatic carbocycles. The van der Waals surface area contributed by atoms with E-state index in [4.69, 9.17) is 9.47 Å². The summed E-state index contributed by atoms with van der Waals surface area (Å²) >= 11 is 0. The zero-order chi connectivity index (χ0) is 19.2. The highest BCUT2D eigenvalue weighted by Gasteiger charge is 2.26. The third kappa shape index (κ3) is 4.93. The van der Waals surface area contributed by atoms with E-state index in [1.807, 2.05) is 24.1 Å². The zero-order valence-electron chi connectivity index (χ0n) is 16.9. The summed E-state index contributed by atoms with van der Waals surface area (Å²) in [5, 5.41) is 3.23. The lowest BCUT2D eigenvalue weighted by Crippen LogP contribution is -2.45. The van der Waals surface area contributed by atoms with E-state index in [2.05, 4.69) is 10.2 Å². The number of hydrogen-bond acceptors (Lipinski definition) is 5. The van der Waals surface area contributed by atoms with Gasteiger partial charge in [-0.1, -0.05) is 0 Å². The fourth-order valence-electron chi connectivity index (χ4n) is 4.17. The van der Waals surface area contributed by atoms with Gasteiger partial charge in [-0.3, -0.25) is 9.69 Å². The molecule has 2 aliphatic rings. The van der Waals surface area contributed by atoms with E-state index in [9.17, 15) is 4.79 Å². The van der Waals surface area contributed by atoms with Gasteiger partial charge in [-0.25, -0.2) is 0 Å². The number of carbonyl (C=O) groups excluding carboxylic acids is 1. The molecule has 1 N–H and O–H groups in total. The highest BCUT2D eigenvalue weighted by Crippen LogP contribution is 2.33. The number of hydrogen-bond donors (Lipinski definition) is 1. The van der Waals surface area contributed by atoms with Crippen LogP contribution < -0.4 is 14.8 Å². The quantitative estimate of drug-likeness (QED) is 0.789. The van der Waals surface area contributed by atoms with Crippen LogP contribution in [0.1, 0.15) is 30.4 Å². The molecule has 0 aromatic heterocycles. The molecule has 0 radical (unpaired) electrons. The minimum atomic E-state index is 0.240. The van der Waals surface area contributed by atoms with Crippen molar-refractivity contribution in [2.45, 2.75) is 32.2 Å². The van der Waals surface area contributed by atoms with Gasteiger partial charge < -0.3 is 19.7 Å². The molecule has 6 heteroatoms. The summed E-state index contributed by atoms with van der Waals surface area (Å²) in [6, 6.07) is 4.06. The van der Waals surface area contributed by atoms with Crippen molar-refractivity contribution in [2.75, 3.05) is 54.0 Å². The van der Waals surface area contributed by atoms with Gasteiger partial charge in [0.2, 0.25) is 5.91 Å². The largest absolute Gasteiger partial charge is 0.493 e. The van der Waals surface area contributed by atoms with Crippen LogP contribution in [0.25, 0.3) is 0 Å². The van der Waals surface area contributed by atoms with Crippen molar-refractivity contribution in [3.63, 3.8) is 0 Å². The molecule has 1 amide bonds. The Morgan fingerprint density at radius 1 is 1.11 bits per heavy atom. The Hall–Kier alpha value is -1.79. The minimum absolute atomic E-state index is 0.240. The second kappa shape index (κ2) is 9.42. The highest BCUT2D eigenvalue weighted by molar-refractivity contribution is 5.78. The number of nitrogens with zero attached hydrogens (tertiary/aromatic N) is 2. The molecule has 0 aliphatic carbocycles. The molecule has 1 aromatic rings. The third-order valence-corrected chi connectivity index (χ3v) is 5.94. The number of carbonyl (C=O) groups is 1. The molecule has 27 heavy (non-hydrogen) atoms. The maximum Gasteiger partial charge on any atom is 0.237 e. The lowest BCUT2D eigenvalue weighted by molar-refractivity contribution is -0.133. The molecule has 0 spiro atoms. The Morgan fingerprint density at radius 3 is 2.41 bits per heavy atom. The number of piperidine rings is 1. The molecule has 150 valence electrons. The summed E-state index contributed by atoms with van der Waals surface area (Å²) in [6.07, 6.45) is 4.52. The molecule has 0 bridgehead atoms. The van der Waals surface area contributed by atoms with Crippen molar-refractivity contribution in [1.29, 1.82) is 0 Å². The second-order valence-corrected chi connectivity index (χ2v) is 7.65. The van der Waals surface area contributed by atoms with Gasteiger partial charge in [-0.15, -0.1) is 0 Å². The average Bonchev–Trinajstić information content (AvgIpc) is 2.71. The summed E-state index contributed by atoms with van der Waals surface area (Å²) in [5.74, 6) is 2.53. The Morgan fingerprint density at radius 2 is 1.78 bits per heavy atom. The summed E-state index contributed by atoms with van der Waals surface area (Å²) < 4.78 is 10.8. The third-order valence-electron chi connectivity index (χ3n) is 5.94. The van der Waals surface area contributed by atoms with Gasteiger partial charge in [0.15, 0.2) is 11.5 Å². The molecular formula is C21H33N3O3. The molecule has 1 saturated heterocycles. The molecule has 2 heterocycles. The lowest BCUT2D eigenvalue weighted by Gasteiger charge is -2.35. The first kappa shape index (κ1) is 20.0. The van der Waals surface area contributed by atoms with Gasteiger partial charge in [0.25, 0.3) is 0 Å². The van der Waals surface area contributed by atoms with Gasteiger partial charge >= 0.3 is 0 Å². The van der Waals surface area contributed by atoms with Crippen LogP contribution in [0.2, 0.25) is 0 Å². The van der Waals surface area contributed by atoms with E-state index in [0.717, 1.165) is 55.6 Å². The predicted octanol–water partition coefficient (Wildman–Crippen LogP) is 1.91. The normalized spacial score (nSPS) is 18.3. The minimum Gasteiger partial charge on any atom is -0.493 e. The van der Waals surface area contributed by atoms with Gasteiger partial charge in [0.05, 0.1) is 20.8 Å². The van der Waals surface area contributed by atoms with Crippen LogP contribution in [0.5, 0.6) is 11.5 Å². The number of benzene rings is 1. The van der Waals surface area contributed by atoms with Crippen LogP contribution in [0.15, 0.2) is 12.1 Å². The van der Waals surface area contributed by atoms with Gasteiger partial charge in [-0.05, 0) is 81.5 Å². The van der Waals surface area contributed by atoms with Crippen molar-refractivity contribution >= 4 is 5.91 Å². The maximum atomic E-state index is 12.8. The smallest absolute Gasteiger partial charge is 0.237 e. The molecular weight excluding hydrogens is 342 g/mol. The zero-order valence-corrected chi connectivity index (χ0v) is 16.9. The van der Waals surface area contributed by atoms with E-state index in [1.165, 1.54) is 24.8 Å². The van der Waals surface area contributed by atoms with Crippen LogP contribution >= 0.6 is 0 Å². The summed E-state index contributed by atoms with van der Waals surface area (Å²) in [7, 11) is 5.32. The Labute approximate surface area is 162 Å². The molecule has 0 unspecified atom stereocenters. The van der Waals surface area contributed by atoms with Gasteiger partial charge in [0.1, 0.15) is 0 Å². The maximum absolute atomic E-state index is 12.8. The number of amides is 1. The molecule has 6 nitrogen and oxygen atoms in total. The van der Waals surface area contributed by atoms with Crippen molar-refractivity contribution in [1.82, 2.24) is 15.1 Å². The van der Waals surface area contributed by atoms with Crippen LogP contribution in [-0.2, 0) is 17.8 Å². The monoisotopic (exact) mass is 375 g/mol. The van der Waals surface area contributed by atoms with E-state index in [0.29, 0.717) is 13.1 Å². The van der Waals surface area contributed by atoms with E-state index >= 15 is 0 Å². The first-order valence-electron chi connectivity index (χ1n) is 10.0. The molecule has 3 rings (SSSR count). The number of likely N-dealkylation sites (tertiary alicyclic amines) is 1. The summed E-state index contributed by atoms with van der Waals surface area (Å²) in [5.41, 5.74) is 2.42. The van der Waals surface area contributed by atoms with Crippen molar-refractivity contribution in [3.05, 3.63) is 23.3 Å². The predicted molar refractivity (Wildman–Crippen MR) is 106 cm³/mol. The second-order valence-electron chi connectivity index (χ2n) is 7.65. The van der Waals surface area contributed by atoms with Crippen LogP contribution in [0, 0.1) is 5.92 Å². The Balaban J connectivity index is 1.54. The van der Waals surface area contributed by atoms with Crippen molar-refractivity contribution < 1.29 is 14.3 Å². The van der Waals surface area contributed by atoms with Gasteiger partial charge in [0, 0.05) is 13.1 Å². The fraction of sp³-hybridized carbons (Fsp3) is 0.667. The van der Waals surface area contributed by atoms with Crippen LogP contribution in [0.4, 0.5) is 0 Å². The van der Waals surface area contributed by atoms with Gasteiger partial charge in [-0.2, -0.15) is 0 Å². The number of methoxy groups -OCH3 is 2. The highest BCUT2D eigenvalue weighted by atomic mass is 16.5. The summed E-state index contributed by atoms with van der Waals surface area (Å²) in [6.45, 7) is 5.14. The first-order valence-corrected chi connectivity index (χ1v) is 10.0. The molecule has 2 aliphatic heterocycles. The number of fused-ring (bicyclic) bond motifs is 1. The average molecular weight is 376 g/mol. The first-order chi connectivity index (χ1) is 13.1. The Kier molecular flexibility index (Phi) is 6.96. The Bertz CT molecular complexity index is 642. The molecule has 0 atom stereocenters. The number of ether oxygens (including phenoxy) is 2. The number of rotatable bonds is 7. The van der Waals surface area contributed by atoms with E-state index < -0.39 is 0 Å². The fourth-order valence-corrected chi connectivity index (χ4v) is 4.17. The topological polar surface area (TPSA) is 54.0 Å². The van der Waals surface area contributed by atoms with Crippen LogP contribution in [0.3, 0.4) is 0 Å². The SMILES string of the molecule is CNCCC1CCN(CC(=O)N2CCc3cc(OC)c(OC)cc3C2)CC1. The van der Waals surface area contributed by atoms with E-state index in [-0.39, 0.29) is 5.91 Å². The van der Waals surface area contributed by atoms with Crippen LogP contribution in [-0.4, -0.2) is 69.7 Å². The van der Waals surface area contributed by atoms with Crippen molar-refractivity contribution in [2.24, 2.45) is 5.92 Å². The lowest BCUT2D eigenvalue weighted by atomic mass is 9.93. The van der Waals surface area contributed by atoms with E-state index in [1.54, 1.807) is 14.2 Å². The standard InChI is InChI=1S/C21H33N3O3/c1-22-8-4-16-5-9-23(10-6-16)15-21(25)24-11-7-17-12-19(26-2)20(27-3)13-18(17)14-24/h12-13,16,22H,4-11,14-15H2,1-3H3. The molecule has 1 fully saturated rings. The van der Waals surface area contributed by atoms with Crippen molar-refractivity contribution in [3.8, 4) is 11.5 Å². The number of nitrogens with one attached hydrogen (secondary N) is 1.